The van der Waals surface area contributed by atoms with Gasteiger partial charge in [-0.05, 0) is 31.7 Å². The Balaban J connectivity index is 1.84. The van der Waals surface area contributed by atoms with E-state index in [1.54, 1.807) is 19.2 Å². The molecule has 1 N–H and O–H groups in total. The molecule has 0 radical (unpaired) electrons. The third-order valence-corrected chi connectivity index (χ3v) is 4.69. The Labute approximate surface area is 123 Å². The maximum atomic E-state index is 10.9. The van der Waals surface area contributed by atoms with Crippen molar-refractivity contribution in [3.8, 4) is 5.75 Å². The number of nitro groups is 1. The van der Waals surface area contributed by atoms with E-state index in [1.165, 1.54) is 6.07 Å². The molecule has 0 amide bonds. The van der Waals surface area contributed by atoms with Gasteiger partial charge in [0.05, 0.1) is 18.1 Å². The van der Waals surface area contributed by atoms with Gasteiger partial charge < -0.3 is 9.84 Å². The van der Waals surface area contributed by atoms with Crippen LogP contribution in [-0.4, -0.2) is 40.2 Å². The van der Waals surface area contributed by atoms with E-state index < -0.39 is 0 Å². The number of aliphatic hydroxyl groups is 1. The highest BCUT2D eigenvalue weighted by atomic mass is 16.6. The Morgan fingerprint density at radius 3 is 2.62 bits per heavy atom. The number of aliphatic hydroxyl groups excluding tert-OH is 1. The van der Waals surface area contributed by atoms with Gasteiger partial charge in [-0.2, -0.15) is 0 Å². The molecule has 2 unspecified atom stereocenters. The Morgan fingerprint density at radius 1 is 1.38 bits per heavy atom. The zero-order valence-electron chi connectivity index (χ0n) is 12.1. The molecule has 0 aliphatic carbocycles. The lowest BCUT2D eigenvalue weighted by Crippen LogP contribution is -2.44. The molecule has 1 aromatic rings. The van der Waals surface area contributed by atoms with Crippen molar-refractivity contribution >= 4 is 5.69 Å². The van der Waals surface area contributed by atoms with Crippen LogP contribution in [0.3, 0.4) is 0 Å². The maximum Gasteiger partial charge on any atom is 0.270 e. The van der Waals surface area contributed by atoms with Crippen LogP contribution in [0.15, 0.2) is 18.2 Å². The molecule has 2 aliphatic rings. The van der Waals surface area contributed by atoms with Crippen LogP contribution in [-0.2, 0) is 6.54 Å². The van der Waals surface area contributed by atoms with Crippen molar-refractivity contribution in [2.75, 3.05) is 7.11 Å². The summed E-state index contributed by atoms with van der Waals surface area (Å²) in [6, 6.07) is 5.49. The topological polar surface area (TPSA) is 75.8 Å². The number of ether oxygens (including phenoxy) is 1. The van der Waals surface area contributed by atoms with Crippen molar-refractivity contribution in [2.24, 2.45) is 0 Å². The van der Waals surface area contributed by atoms with Gasteiger partial charge in [-0.15, -0.1) is 0 Å². The van der Waals surface area contributed by atoms with Crippen LogP contribution in [0.1, 0.15) is 31.2 Å². The summed E-state index contributed by atoms with van der Waals surface area (Å²) in [5, 5.41) is 20.8. The summed E-state index contributed by atoms with van der Waals surface area (Å²) in [4.78, 5) is 12.9. The summed E-state index contributed by atoms with van der Waals surface area (Å²) in [6.45, 7) is 0.646. The lowest BCUT2D eigenvalue weighted by Gasteiger charge is -2.37. The van der Waals surface area contributed by atoms with E-state index in [0.717, 1.165) is 31.2 Å². The third-order valence-electron chi connectivity index (χ3n) is 4.69. The molecule has 21 heavy (non-hydrogen) atoms. The molecule has 2 saturated heterocycles. The molecular formula is C15H20N2O4. The molecule has 0 saturated carbocycles. The Bertz CT molecular complexity index is 534. The molecule has 2 aliphatic heterocycles. The highest BCUT2D eigenvalue weighted by molar-refractivity contribution is 5.43. The fraction of sp³-hybridized carbons (Fsp3) is 0.600. The smallest absolute Gasteiger partial charge is 0.270 e. The van der Waals surface area contributed by atoms with Gasteiger partial charge in [0, 0.05) is 36.3 Å². The van der Waals surface area contributed by atoms with Crippen LogP contribution in [0.4, 0.5) is 5.69 Å². The van der Waals surface area contributed by atoms with Crippen LogP contribution >= 0.6 is 0 Å². The monoisotopic (exact) mass is 292 g/mol. The number of non-ortho nitro benzene ring substituents is 1. The first kappa shape index (κ1) is 14.3. The molecule has 2 fully saturated rings. The summed E-state index contributed by atoms with van der Waals surface area (Å²) in [7, 11) is 1.58. The number of fused-ring (bicyclic) bond motifs is 2. The third kappa shape index (κ3) is 2.73. The number of nitrogens with zero attached hydrogens (tertiary/aromatic N) is 2. The average molecular weight is 292 g/mol. The molecule has 0 spiro atoms. The van der Waals surface area contributed by atoms with Crippen LogP contribution in [0.2, 0.25) is 0 Å². The number of hydrogen-bond acceptors (Lipinski definition) is 5. The Hall–Kier alpha value is -1.66. The fourth-order valence-corrected chi connectivity index (χ4v) is 3.70. The van der Waals surface area contributed by atoms with Gasteiger partial charge in [0.25, 0.3) is 5.69 Å². The van der Waals surface area contributed by atoms with Gasteiger partial charge >= 0.3 is 0 Å². The van der Waals surface area contributed by atoms with Crippen molar-refractivity contribution < 1.29 is 14.8 Å². The van der Waals surface area contributed by atoms with Crippen LogP contribution in [0, 0.1) is 10.1 Å². The average Bonchev–Trinajstić information content (AvgIpc) is 2.70. The first-order chi connectivity index (χ1) is 10.1. The molecule has 0 aromatic heterocycles. The second kappa shape index (κ2) is 5.61. The second-order valence-electron chi connectivity index (χ2n) is 5.94. The minimum absolute atomic E-state index is 0.0928. The first-order valence-electron chi connectivity index (χ1n) is 7.33. The molecule has 3 rings (SSSR count). The van der Waals surface area contributed by atoms with E-state index in [0.29, 0.717) is 24.4 Å². The van der Waals surface area contributed by atoms with Crippen molar-refractivity contribution in [3.63, 3.8) is 0 Å². The van der Waals surface area contributed by atoms with Crippen LogP contribution in [0.5, 0.6) is 5.75 Å². The van der Waals surface area contributed by atoms with Crippen LogP contribution < -0.4 is 4.74 Å². The van der Waals surface area contributed by atoms with Gasteiger partial charge in [-0.1, -0.05) is 0 Å². The second-order valence-corrected chi connectivity index (χ2v) is 5.94. The summed E-state index contributed by atoms with van der Waals surface area (Å²) in [5.74, 6) is 0.686. The molecule has 6 nitrogen and oxygen atoms in total. The number of methoxy groups -OCH3 is 1. The number of benzene rings is 1. The molecular weight excluding hydrogens is 272 g/mol. The summed E-state index contributed by atoms with van der Waals surface area (Å²) in [5.41, 5.74) is 0.940. The zero-order chi connectivity index (χ0) is 15.0. The normalized spacial score (nSPS) is 28.6. The molecule has 6 heteroatoms. The highest BCUT2D eigenvalue weighted by Gasteiger charge is 2.40. The summed E-state index contributed by atoms with van der Waals surface area (Å²) in [6.07, 6.45) is 3.59. The number of rotatable bonds is 4. The van der Waals surface area contributed by atoms with Crippen molar-refractivity contribution in [3.05, 3.63) is 33.9 Å². The van der Waals surface area contributed by atoms with E-state index in [1.807, 2.05) is 0 Å². The predicted molar refractivity (Wildman–Crippen MR) is 77.2 cm³/mol. The maximum absolute atomic E-state index is 10.9. The molecule has 2 bridgehead atoms. The largest absolute Gasteiger partial charge is 0.496 e. The zero-order valence-corrected chi connectivity index (χ0v) is 12.1. The SMILES string of the molecule is COc1ccc([N+](=O)[O-])cc1CN1C2CCC1CC(O)C2. The molecule has 1 aromatic carbocycles. The van der Waals surface area contributed by atoms with E-state index in [2.05, 4.69) is 4.90 Å². The van der Waals surface area contributed by atoms with Gasteiger partial charge in [0.2, 0.25) is 0 Å². The van der Waals surface area contributed by atoms with E-state index in [9.17, 15) is 15.2 Å². The lowest BCUT2D eigenvalue weighted by atomic mass is 9.99. The minimum Gasteiger partial charge on any atom is -0.496 e. The standard InChI is InChI=1S/C15H20N2O4/c1-21-15-5-4-13(17(19)20)6-10(15)9-16-11-2-3-12(16)8-14(18)7-11/h4-6,11-12,14,18H,2-3,7-9H2,1H3. The minimum atomic E-state index is -0.377. The lowest BCUT2D eigenvalue weighted by molar-refractivity contribution is -0.385. The van der Waals surface area contributed by atoms with Crippen molar-refractivity contribution in [1.82, 2.24) is 4.90 Å². The van der Waals surface area contributed by atoms with E-state index >= 15 is 0 Å². The number of hydrogen-bond donors (Lipinski definition) is 1. The predicted octanol–water partition coefficient (Wildman–Crippen LogP) is 2.09. The van der Waals surface area contributed by atoms with Crippen molar-refractivity contribution in [2.45, 2.75) is 50.4 Å². The van der Waals surface area contributed by atoms with Gasteiger partial charge in [0.15, 0.2) is 0 Å². The quantitative estimate of drug-likeness (QED) is 0.679. The highest BCUT2D eigenvalue weighted by Crippen LogP contribution is 2.38. The van der Waals surface area contributed by atoms with Gasteiger partial charge in [-0.25, -0.2) is 0 Å². The summed E-state index contributed by atoms with van der Waals surface area (Å²) < 4.78 is 5.33. The molecule has 2 atom stereocenters. The van der Waals surface area contributed by atoms with Gasteiger partial charge in [-0.3, -0.25) is 15.0 Å². The summed E-state index contributed by atoms with van der Waals surface area (Å²) >= 11 is 0. The van der Waals surface area contributed by atoms with Crippen molar-refractivity contribution in [1.29, 1.82) is 0 Å². The van der Waals surface area contributed by atoms with E-state index in [-0.39, 0.29) is 16.7 Å². The molecule has 2 heterocycles. The van der Waals surface area contributed by atoms with Crippen LogP contribution in [0.25, 0.3) is 0 Å². The Kier molecular flexibility index (Phi) is 3.82. The first-order valence-corrected chi connectivity index (χ1v) is 7.33. The Morgan fingerprint density at radius 2 is 2.05 bits per heavy atom. The fourth-order valence-electron chi connectivity index (χ4n) is 3.70. The van der Waals surface area contributed by atoms with Gasteiger partial charge in [0.1, 0.15) is 5.75 Å². The van der Waals surface area contributed by atoms with E-state index in [4.69, 9.17) is 4.74 Å². The molecule has 114 valence electrons. The number of nitro benzene ring substituents is 1. The number of piperidine rings is 1.